The van der Waals surface area contributed by atoms with E-state index in [9.17, 15) is 18.0 Å². The minimum atomic E-state index is -4.53. The molecule has 0 spiro atoms. The molecule has 9 heteroatoms. The Morgan fingerprint density at radius 2 is 1.96 bits per heavy atom. The molecule has 3 aromatic rings. The van der Waals surface area contributed by atoms with Crippen molar-refractivity contribution in [2.45, 2.75) is 6.18 Å². The molecule has 0 unspecified atom stereocenters. The third kappa shape index (κ3) is 4.33. The molecule has 1 amide bonds. The highest BCUT2D eigenvalue weighted by Gasteiger charge is 2.31. The number of nitrogens with one attached hydrogen (secondary N) is 2. The van der Waals surface area contributed by atoms with Crippen molar-refractivity contribution in [1.82, 2.24) is 4.98 Å². The van der Waals surface area contributed by atoms with Crippen LogP contribution in [0, 0.1) is 0 Å². The zero-order chi connectivity index (χ0) is 18.7. The van der Waals surface area contributed by atoms with E-state index in [1.807, 2.05) is 0 Å². The van der Waals surface area contributed by atoms with Crippen LogP contribution in [0.2, 0.25) is 5.02 Å². The highest BCUT2D eigenvalue weighted by atomic mass is 35.5. The lowest BCUT2D eigenvalue weighted by atomic mass is 10.1. The van der Waals surface area contributed by atoms with Gasteiger partial charge in [0, 0.05) is 22.8 Å². The monoisotopic (exact) mass is 397 g/mol. The normalized spacial score (nSPS) is 11.2. The van der Waals surface area contributed by atoms with E-state index in [4.69, 9.17) is 11.6 Å². The highest BCUT2D eigenvalue weighted by Crippen LogP contribution is 2.34. The van der Waals surface area contributed by atoms with Crippen LogP contribution >= 0.6 is 22.9 Å². The van der Waals surface area contributed by atoms with Crippen LogP contribution in [0.25, 0.3) is 0 Å². The number of amides is 1. The average Bonchev–Trinajstić information content (AvgIpc) is 3.09. The van der Waals surface area contributed by atoms with Gasteiger partial charge in [0.1, 0.15) is 0 Å². The third-order valence-electron chi connectivity index (χ3n) is 3.35. The Balaban J connectivity index is 1.80. The van der Waals surface area contributed by atoms with Crippen LogP contribution < -0.4 is 10.6 Å². The predicted molar refractivity (Wildman–Crippen MR) is 96.2 cm³/mol. The SMILES string of the molecule is O=C(Nc1cc(C(F)(F)F)ccc1Cl)c1cccc(Nc2nccs2)c1. The molecule has 2 aromatic carbocycles. The maximum Gasteiger partial charge on any atom is 0.416 e. The molecular formula is C17H11ClF3N3OS. The molecule has 0 aliphatic carbocycles. The van der Waals surface area contributed by atoms with E-state index >= 15 is 0 Å². The number of anilines is 3. The molecule has 0 bridgehead atoms. The second-order valence-electron chi connectivity index (χ2n) is 5.19. The summed E-state index contributed by atoms with van der Waals surface area (Å²) < 4.78 is 38.5. The highest BCUT2D eigenvalue weighted by molar-refractivity contribution is 7.13. The van der Waals surface area contributed by atoms with E-state index in [1.54, 1.807) is 35.8 Å². The summed E-state index contributed by atoms with van der Waals surface area (Å²) in [6.07, 6.45) is -2.89. The van der Waals surface area contributed by atoms with Gasteiger partial charge in [-0.2, -0.15) is 13.2 Å². The summed E-state index contributed by atoms with van der Waals surface area (Å²) in [5.41, 5.74) is -0.107. The van der Waals surface area contributed by atoms with Gasteiger partial charge in [-0.3, -0.25) is 4.79 Å². The first-order valence-corrected chi connectivity index (χ1v) is 8.53. The van der Waals surface area contributed by atoms with Gasteiger partial charge in [-0.25, -0.2) is 4.98 Å². The van der Waals surface area contributed by atoms with Gasteiger partial charge in [-0.1, -0.05) is 17.7 Å². The molecule has 134 valence electrons. The zero-order valence-electron chi connectivity index (χ0n) is 13.0. The fourth-order valence-corrected chi connectivity index (χ4v) is 2.85. The Kier molecular flexibility index (Phi) is 5.15. The van der Waals surface area contributed by atoms with E-state index in [0.717, 1.165) is 18.2 Å². The standard InChI is InChI=1S/C17H11ClF3N3OS/c18-13-5-4-11(17(19,20)21)9-14(13)24-15(25)10-2-1-3-12(8-10)23-16-22-6-7-26-16/h1-9H,(H,22,23)(H,24,25). The molecule has 0 saturated heterocycles. The van der Waals surface area contributed by atoms with Crippen LogP contribution in [0.5, 0.6) is 0 Å². The van der Waals surface area contributed by atoms with Crippen LogP contribution in [0.4, 0.5) is 29.7 Å². The third-order valence-corrected chi connectivity index (χ3v) is 4.37. The maximum absolute atomic E-state index is 12.8. The van der Waals surface area contributed by atoms with Crippen molar-refractivity contribution in [2.75, 3.05) is 10.6 Å². The Morgan fingerprint density at radius 1 is 1.15 bits per heavy atom. The molecule has 0 saturated carbocycles. The first kappa shape index (κ1) is 18.2. The van der Waals surface area contributed by atoms with Crippen molar-refractivity contribution >= 4 is 45.4 Å². The number of benzene rings is 2. The molecule has 1 heterocycles. The Labute approximate surface area is 155 Å². The van der Waals surface area contributed by atoms with Gasteiger partial charge >= 0.3 is 6.18 Å². The van der Waals surface area contributed by atoms with Gasteiger partial charge in [0.05, 0.1) is 16.3 Å². The number of alkyl halides is 3. The Bertz CT molecular complexity index is 929. The summed E-state index contributed by atoms with van der Waals surface area (Å²) in [6, 6.07) is 9.27. The molecule has 0 radical (unpaired) electrons. The summed E-state index contributed by atoms with van der Waals surface area (Å²) in [7, 11) is 0. The minimum Gasteiger partial charge on any atom is -0.332 e. The van der Waals surface area contributed by atoms with Crippen molar-refractivity contribution in [2.24, 2.45) is 0 Å². The van der Waals surface area contributed by atoms with Crippen LogP contribution in [0.1, 0.15) is 15.9 Å². The molecule has 0 atom stereocenters. The molecule has 4 nitrogen and oxygen atoms in total. The van der Waals surface area contributed by atoms with Gasteiger partial charge in [0.25, 0.3) is 5.91 Å². The maximum atomic E-state index is 12.8. The molecule has 1 aromatic heterocycles. The van der Waals surface area contributed by atoms with Crippen molar-refractivity contribution in [1.29, 1.82) is 0 Å². The predicted octanol–water partition coefficient (Wildman–Crippen LogP) is 5.81. The van der Waals surface area contributed by atoms with E-state index in [1.165, 1.54) is 11.3 Å². The summed E-state index contributed by atoms with van der Waals surface area (Å²) in [5, 5.41) is 7.92. The molecule has 26 heavy (non-hydrogen) atoms. The number of carbonyl (C=O) groups is 1. The Hall–Kier alpha value is -2.58. The number of aromatic nitrogens is 1. The van der Waals surface area contributed by atoms with Crippen LogP contribution in [0.15, 0.2) is 54.0 Å². The fraction of sp³-hybridized carbons (Fsp3) is 0.0588. The van der Waals surface area contributed by atoms with Crippen molar-refractivity contribution in [3.63, 3.8) is 0 Å². The van der Waals surface area contributed by atoms with Crippen LogP contribution in [-0.4, -0.2) is 10.9 Å². The number of rotatable bonds is 4. The van der Waals surface area contributed by atoms with Crippen molar-refractivity contribution < 1.29 is 18.0 Å². The van der Waals surface area contributed by atoms with Gasteiger partial charge in [-0.05, 0) is 36.4 Å². The van der Waals surface area contributed by atoms with E-state index in [2.05, 4.69) is 15.6 Å². The number of thiazole rings is 1. The fourth-order valence-electron chi connectivity index (χ4n) is 2.14. The second kappa shape index (κ2) is 7.35. The topological polar surface area (TPSA) is 54.0 Å². The van der Waals surface area contributed by atoms with Gasteiger partial charge in [0.15, 0.2) is 5.13 Å². The number of halogens is 4. The zero-order valence-corrected chi connectivity index (χ0v) is 14.5. The molecule has 0 aliphatic heterocycles. The molecular weight excluding hydrogens is 387 g/mol. The van der Waals surface area contributed by atoms with Crippen molar-refractivity contribution in [3.8, 4) is 0 Å². The van der Waals surface area contributed by atoms with Crippen molar-refractivity contribution in [3.05, 3.63) is 70.2 Å². The molecule has 0 aliphatic rings. The first-order valence-electron chi connectivity index (χ1n) is 7.27. The van der Waals surface area contributed by atoms with Gasteiger partial charge in [-0.15, -0.1) is 11.3 Å². The lowest BCUT2D eigenvalue weighted by Gasteiger charge is -2.12. The number of nitrogens with zero attached hydrogens (tertiary/aromatic N) is 1. The van der Waals surface area contributed by atoms with Crippen LogP contribution in [0.3, 0.4) is 0 Å². The number of hydrogen-bond acceptors (Lipinski definition) is 4. The lowest BCUT2D eigenvalue weighted by molar-refractivity contribution is -0.137. The average molecular weight is 398 g/mol. The second-order valence-corrected chi connectivity index (χ2v) is 6.49. The number of hydrogen-bond donors (Lipinski definition) is 2. The van der Waals surface area contributed by atoms with E-state index in [-0.39, 0.29) is 16.3 Å². The van der Waals surface area contributed by atoms with Gasteiger partial charge in [0.2, 0.25) is 0 Å². The van der Waals surface area contributed by atoms with E-state index < -0.39 is 17.6 Å². The lowest BCUT2D eigenvalue weighted by Crippen LogP contribution is -2.14. The summed E-state index contributed by atoms with van der Waals surface area (Å²) in [5.74, 6) is -0.575. The Morgan fingerprint density at radius 3 is 2.65 bits per heavy atom. The number of carbonyl (C=O) groups excluding carboxylic acids is 1. The van der Waals surface area contributed by atoms with Crippen LogP contribution in [-0.2, 0) is 6.18 Å². The summed E-state index contributed by atoms with van der Waals surface area (Å²) in [4.78, 5) is 16.5. The quantitative estimate of drug-likeness (QED) is 0.584. The smallest absolute Gasteiger partial charge is 0.332 e. The molecule has 3 rings (SSSR count). The van der Waals surface area contributed by atoms with E-state index in [0.29, 0.717) is 10.8 Å². The first-order chi connectivity index (χ1) is 12.3. The largest absolute Gasteiger partial charge is 0.416 e. The minimum absolute atomic E-state index is 0.0171. The molecule has 0 fully saturated rings. The molecule has 2 N–H and O–H groups in total. The summed E-state index contributed by atoms with van der Waals surface area (Å²) in [6.45, 7) is 0. The summed E-state index contributed by atoms with van der Waals surface area (Å²) >= 11 is 7.30. The van der Waals surface area contributed by atoms with Gasteiger partial charge < -0.3 is 10.6 Å².